The molecule has 6 unspecified atom stereocenters. The van der Waals surface area contributed by atoms with E-state index < -0.39 is 28.5 Å². The summed E-state index contributed by atoms with van der Waals surface area (Å²) < 4.78 is 16.2. The molecule has 1 spiro atoms. The highest BCUT2D eigenvalue weighted by Gasteiger charge is 2.73. The predicted octanol–water partition coefficient (Wildman–Crippen LogP) is 2.53. The summed E-state index contributed by atoms with van der Waals surface area (Å²) in [7, 11) is 0. The van der Waals surface area contributed by atoms with Crippen molar-refractivity contribution in [2.75, 3.05) is 6.61 Å². The maximum Gasteiger partial charge on any atom is 0.310 e. The van der Waals surface area contributed by atoms with Gasteiger partial charge in [0.2, 0.25) is 0 Å². The number of carbonyl (C=O) groups is 2. The van der Waals surface area contributed by atoms with Crippen LogP contribution in [0.4, 0.5) is 0 Å². The Hall–Kier alpha value is -2.08. The fourth-order valence-electron chi connectivity index (χ4n) is 6.02. The minimum Gasteiger partial charge on any atom is -0.472 e. The number of allylic oxidation sites excluding steroid dienone is 1. The Morgan fingerprint density at radius 3 is 2.85 bits per heavy atom. The second kappa shape index (κ2) is 5.00. The molecular weight excluding hydrogens is 336 g/mol. The molecule has 1 saturated carbocycles. The van der Waals surface area contributed by atoms with Gasteiger partial charge >= 0.3 is 11.9 Å². The first-order valence-corrected chi connectivity index (χ1v) is 9.21. The summed E-state index contributed by atoms with van der Waals surface area (Å²) in [6, 6.07) is 1.78. The van der Waals surface area contributed by atoms with Gasteiger partial charge in [-0.3, -0.25) is 9.59 Å². The van der Waals surface area contributed by atoms with Crippen molar-refractivity contribution in [3.8, 4) is 0 Å². The van der Waals surface area contributed by atoms with Crippen LogP contribution in [0.15, 0.2) is 35.2 Å². The van der Waals surface area contributed by atoms with Gasteiger partial charge in [-0.25, -0.2) is 0 Å². The minimum absolute atomic E-state index is 0.213. The summed E-state index contributed by atoms with van der Waals surface area (Å²) >= 11 is 0. The molecule has 3 fully saturated rings. The van der Waals surface area contributed by atoms with E-state index in [0.29, 0.717) is 25.7 Å². The molecule has 4 aliphatic rings. The van der Waals surface area contributed by atoms with Gasteiger partial charge in [0.15, 0.2) is 0 Å². The third-order valence-corrected chi connectivity index (χ3v) is 7.50. The lowest BCUT2D eigenvalue weighted by molar-refractivity contribution is -0.241. The molecule has 0 radical (unpaired) electrons. The summed E-state index contributed by atoms with van der Waals surface area (Å²) in [6.07, 6.45) is 8.59. The maximum absolute atomic E-state index is 12.8. The summed E-state index contributed by atoms with van der Waals surface area (Å²) in [5, 5.41) is 12.0. The molecule has 26 heavy (non-hydrogen) atoms. The molecule has 6 heteroatoms. The average molecular weight is 358 g/mol. The lowest BCUT2D eigenvalue weighted by atomic mass is 9.43. The molecule has 2 saturated heterocycles. The van der Waals surface area contributed by atoms with Crippen LogP contribution >= 0.6 is 0 Å². The van der Waals surface area contributed by atoms with E-state index in [0.717, 1.165) is 5.56 Å². The van der Waals surface area contributed by atoms with Crippen molar-refractivity contribution in [3.05, 3.63) is 36.3 Å². The second-order valence-corrected chi connectivity index (χ2v) is 8.42. The van der Waals surface area contributed by atoms with E-state index in [9.17, 15) is 14.7 Å². The largest absolute Gasteiger partial charge is 0.472 e. The zero-order valence-corrected chi connectivity index (χ0v) is 14.6. The molecule has 138 valence electrons. The van der Waals surface area contributed by atoms with Gasteiger partial charge in [0.25, 0.3) is 0 Å². The summed E-state index contributed by atoms with van der Waals surface area (Å²) in [4.78, 5) is 25.1. The van der Waals surface area contributed by atoms with Gasteiger partial charge in [-0.05, 0) is 31.7 Å². The Morgan fingerprint density at radius 1 is 1.23 bits per heavy atom. The third-order valence-electron chi connectivity index (χ3n) is 7.50. The van der Waals surface area contributed by atoms with Crippen molar-refractivity contribution in [1.82, 2.24) is 0 Å². The van der Waals surface area contributed by atoms with Crippen LogP contribution in [0, 0.1) is 22.7 Å². The van der Waals surface area contributed by atoms with Crippen LogP contribution in [0.1, 0.15) is 44.3 Å². The lowest BCUT2D eigenvalue weighted by Gasteiger charge is -2.63. The molecule has 5 rings (SSSR count). The number of aliphatic hydroxyl groups is 1. The Morgan fingerprint density at radius 2 is 2.08 bits per heavy atom. The van der Waals surface area contributed by atoms with Crippen molar-refractivity contribution in [3.63, 3.8) is 0 Å². The van der Waals surface area contributed by atoms with Crippen molar-refractivity contribution < 1.29 is 28.6 Å². The number of carbonyl (C=O) groups excluding carboxylic acids is 2. The standard InChI is InChI=1S/C20H22O6/c1-18-9-15(12-5-8-24-10-12)26-17(22)13(18)4-7-19-11-25-16(21)14(19)3-2-6-20(18,19)23/h2,5-6,8,10,13-15,23H,3-4,7,9,11H2,1H3. The first-order valence-electron chi connectivity index (χ1n) is 9.21. The van der Waals surface area contributed by atoms with Crippen LogP contribution in [0.2, 0.25) is 0 Å². The number of furan rings is 1. The summed E-state index contributed by atoms with van der Waals surface area (Å²) in [6.45, 7) is 2.17. The topological polar surface area (TPSA) is 86.0 Å². The zero-order chi connectivity index (χ0) is 18.2. The van der Waals surface area contributed by atoms with Crippen molar-refractivity contribution in [1.29, 1.82) is 0 Å². The van der Waals surface area contributed by atoms with Gasteiger partial charge in [0.05, 0.1) is 35.4 Å². The number of hydrogen-bond acceptors (Lipinski definition) is 6. The normalized spacial score (nSPS) is 46.8. The number of rotatable bonds is 1. The smallest absolute Gasteiger partial charge is 0.310 e. The van der Waals surface area contributed by atoms with Crippen LogP contribution in [0.3, 0.4) is 0 Å². The molecule has 3 heterocycles. The minimum atomic E-state index is -1.29. The quantitative estimate of drug-likeness (QED) is 0.613. The fourth-order valence-corrected chi connectivity index (χ4v) is 6.02. The van der Waals surface area contributed by atoms with Crippen molar-refractivity contribution in [2.24, 2.45) is 22.7 Å². The van der Waals surface area contributed by atoms with Crippen LogP contribution < -0.4 is 0 Å². The Labute approximate surface area is 151 Å². The second-order valence-electron chi connectivity index (χ2n) is 8.42. The van der Waals surface area contributed by atoms with E-state index in [1.807, 2.05) is 19.1 Å². The highest BCUT2D eigenvalue weighted by Crippen LogP contribution is 2.67. The third kappa shape index (κ3) is 1.71. The maximum atomic E-state index is 12.8. The molecule has 1 N–H and O–H groups in total. The van der Waals surface area contributed by atoms with Gasteiger partial charge < -0.3 is 19.0 Å². The Kier molecular flexibility index (Phi) is 3.10. The van der Waals surface area contributed by atoms with E-state index in [4.69, 9.17) is 13.9 Å². The predicted molar refractivity (Wildman–Crippen MR) is 88.6 cm³/mol. The fraction of sp³-hybridized carbons (Fsp3) is 0.600. The SMILES string of the molecule is CC12CC(c3ccoc3)OC(=O)C1CCC13COC(=O)C1CC=CC23O. The van der Waals surface area contributed by atoms with Gasteiger partial charge in [0, 0.05) is 11.0 Å². The van der Waals surface area contributed by atoms with Crippen LogP contribution in [0.25, 0.3) is 0 Å². The monoisotopic (exact) mass is 358 g/mol. The van der Waals surface area contributed by atoms with E-state index in [2.05, 4.69) is 0 Å². The average Bonchev–Trinajstić information content (AvgIpc) is 3.24. The molecule has 0 bridgehead atoms. The molecule has 2 aliphatic carbocycles. The Balaban J connectivity index is 1.63. The van der Waals surface area contributed by atoms with Gasteiger partial charge in [-0.15, -0.1) is 0 Å². The van der Waals surface area contributed by atoms with Crippen LogP contribution in [-0.4, -0.2) is 29.3 Å². The highest BCUT2D eigenvalue weighted by atomic mass is 16.6. The molecule has 6 nitrogen and oxygen atoms in total. The van der Waals surface area contributed by atoms with Gasteiger partial charge in [-0.1, -0.05) is 19.1 Å². The number of fused-ring (bicyclic) bond motifs is 2. The summed E-state index contributed by atoms with van der Waals surface area (Å²) in [5.74, 6) is -1.27. The molecule has 0 aromatic carbocycles. The molecule has 6 atom stereocenters. The molecule has 2 aliphatic heterocycles. The molecule has 1 aromatic heterocycles. The number of hydrogen-bond donors (Lipinski definition) is 1. The summed E-state index contributed by atoms with van der Waals surface area (Å²) in [5.41, 5.74) is -1.91. The van der Waals surface area contributed by atoms with E-state index in [1.165, 1.54) is 0 Å². The number of esters is 2. The Bertz CT molecular complexity index is 797. The highest BCUT2D eigenvalue weighted by molar-refractivity contribution is 5.79. The molecular formula is C20H22O6. The van der Waals surface area contributed by atoms with Crippen LogP contribution in [0.5, 0.6) is 0 Å². The van der Waals surface area contributed by atoms with E-state index >= 15 is 0 Å². The zero-order valence-electron chi connectivity index (χ0n) is 14.6. The first kappa shape index (κ1) is 16.1. The molecule has 1 aromatic rings. The van der Waals surface area contributed by atoms with Gasteiger partial charge in [0.1, 0.15) is 12.7 Å². The van der Waals surface area contributed by atoms with Crippen molar-refractivity contribution in [2.45, 2.75) is 44.3 Å². The number of cyclic esters (lactones) is 2. The number of ether oxygens (including phenoxy) is 2. The first-order chi connectivity index (χ1) is 12.4. The van der Waals surface area contributed by atoms with Crippen molar-refractivity contribution >= 4 is 11.9 Å². The van der Waals surface area contributed by atoms with Gasteiger partial charge in [-0.2, -0.15) is 0 Å². The molecule has 0 amide bonds. The van der Waals surface area contributed by atoms with E-state index in [1.54, 1.807) is 18.6 Å². The lowest BCUT2D eigenvalue weighted by Crippen LogP contribution is -2.69. The van der Waals surface area contributed by atoms with E-state index in [-0.39, 0.29) is 24.5 Å². The van der Waals surface area contributed by atoms with Crippen LogP contribution in [-0.2, 0) is 19.1 Å².